The van der Waals surface area contributed by atoms with E-state index in [1.165, 1.54) is 18.2 Å². The zero-order chi connectivity index (χ0) is 21.6. The number of carbonyl (C=O) groups is 1. The summed E-state index contributed by atoms with van der Waals surface area (Å²) in [6.45, 7) is -0.0237. The number of carbonyl (C=O) groups excluding carboxylic acids is 1. The average molecular weight is 434 g/mol. The maximum Gasteiger partial charge on any atom is 0.416 e. The number of nitrogens with one attached hydrogen (secondary N) is 2. The quantitative estimate of drug-likeness (QED) is 0.363. The lowest BCUT2D eigenvalue weighted by Crippen LogP contribution is -2.25. The summed E-state index contributed by atoms with van der Waals surface area (Å²) in [5.41, 5.74) is -0.308. The molecule has 10 heteroatoms. The van der Waals surface area contributed by atoms with Crippen molar-refractivity contribution >= 4 is 17.7 Å². The Morgan fingerprint density at radius 1 is 1.17 bits per heavy atom. The van der Waals surface area contributed by atoms with Gasteiger partial charge in [0, 0.05) is 5.56 Å². The van der Waals surface area contributed by atoms with E-state index in [4.69, 9.17) is 0 Å². The molecule has 0 bridgehead atoms. The second-order valence-electron chi connectivity index (χ2n) is 5.89. The number of alkyl halides is 3. The summed E-state index contributed by atoms with van der Waals surface area (Å²) in [6.07, 6.45) is -4.43. The van der Waals surface area contributed by atoms with E-state index in [0.29, 0.717) is 0 Å². The molecule has 0 fully saturated rings. The molecule has 1 amide bonds. The summed E-state index contributed by atoms with van der Waals surface area (Å²) in [4.78, 5) is 16.0. The lowest BCUT2D eigenvalue weighted by molar-refractivity contribution is -0.137. The van der Waals surface area contributed by atoms with Crippen molar-refractivity contribution < 1.29 is 22.4 Å². The molecule has 3 aromatic rings. The molecule has 0 radical (unpaired) electrons. The molecule has 2 N–H and O–H groups in total. The summed E-state index contributed by atoms with van der Waals surface area (Å²) < 4.78 is 51.7. The smallest absolute Gasteiger partial charge is 0.344 e. The van der Waals surface area contributed by atoms with Crippen molar-refractivity contribution in [2.24, 2.45) is 0 Å². The largest absolute Gasteiger partial charge is 0.416 e. The highest BCUT2D eigenvalue weighted by Crippen LogP contribution is 2.29. The highest BCUT2D eigenvalue weighted by Gasteiger charge is 2.30. The molecule has 0 aliphatic heterocycles. The van der Waals surface area contributed by atoms with Gasteiger partial charge < -0.3 is 5.32 Å². The van der Waals surface area contributed by atoms with Crippen LogP contribution in [0.5, 0.6) is 0 Å². The van der Waals surface area contributed by atoms with Crippen molar-refractivity contribution in [3.63, 3.8) is 0 Å². The van der Waals surface area contributed by atoms with Gasteiger partial charge in [0.05, 0.1) is 23.4 Å². The fourth-order valence-electron chi connectivity index (χ4n) is 2.33. The van der Waals surface area contributed by atoms with Gasteiger partial charge >= 0.3 is 6.18 Å². The van der Waals surface area contributed by atoms with Gasteiger partial charge in [-0.1, -0.05) is 41.8 Å². The molecule has 0 saturated heterocycles. The molecular formula is C20H14F4N4OS. The molecular weight excluding hydrogens is 420 g/mol. The lowest BCUT2D eigenvalue weighted by Gasteiger charge is -2.05. The van der Waals surface area contributed by atoms with E-state index in [2.05, 4.69) is 32.3 Å². The van der Waals surface area contributed by atoms with Crippen molar-refractivity contribution in [2.45, 2.75) is 11.3 Å². The summed E-state index contributed by atoms with van der Waals surface area (Å²) in [5, 5.41) is 9.36. The summed E-state index contributed by atoms with van der Waals surface area (Å²) in [7, 11) is 0. The van der Waals surface area contributed by atoms with Crippen LogP contribution in [0.4, 0.5) is 17.6 Å². The molecule has 5 nitrogen and oxygen atoms in total. The second-order valence-corrected chi connectivity index (χ2v) is 6.83. The number of aromatic amines is 1. The Morgan fingerprint density at radius 2 is 1.97 bits per heavy atom. The number of nitrogens with zero attached hydrogens (tertiary/aromatic N) is 2. The lowest BCUT2D eigenvalue weighted by atomic mass is 10.1. The Balaban J connectivity index is 1.48. The zero-order valence-electron chi connectivity index (χ0n) is 15.3. The van der Waals surface area contributed by atoms with Crippen LogP contribution in [0.25, 0.3) is 11.4 Å². The number of aromatic nitrogens is 3. The van der Waals surface area contributed by atoms with Crippen molar-refractivity contribution in [3.05, 3.63) is 65.5 Å². The Morgan fingerprint density at radius 3 is 2.73 bits per heavy atom. The first-order chi connectivity index (χ1) is 14.3. The predicted molar refractivity (Wildman–Crippen MR) is 104 cm³/mol. The number of thioether (sulfide) groups is 1. The fraction of sp³-hybridized carbons (Fsp3) is 0.150. The van der Waals surface area contributed by atoms with Crippen LogP contribution in [-0.4, -0.2) is 33.4 Å². The predicted octanol–water partition coefficient (Wildman–Crippen LogP) is 3.89. The van der Waals surface area contributed by atoms with Gasteiger partial charge in [0.15, 0.2) is 5.82 Å². The van der Waals surface area contributed by atoms with E-state index in [1.807, 2.05) is 0 Å². The Kier molecular flexibility index (Phi) is 6.74. The minimum Gasteiger partial charge on any atom is -0.344 e. The van der Waals surface area contributed by atoms with Gasteiger partial charge in [-0.15, -0.1) is 5.10 Å². The third kappa shape index (κ3) is 5.84. The SMILES string of the molecule is O=C(CSc1n[nH]c(-c2ccccc2F)n1)NCC#Cc1cccc(C(F)(F)F)c1. The first kappa shape index (κ1) is 21.4. The first-order valence-electron chi connectivity index (χ1n) is 8.56. The standard InChI is InChI=1S/C20H14F4N4OS/c21-16-9-2-1-8-15(16)18-26-19(28-27-18)30-12-17(29)25-10-4-6-13-5-3-7-14(11-13)20(22,23)24/h1-3,5,7-9,11H,10,12H2,(H,25,29)(H,26,27,28). The molecule has 30 heavy (non-hydrogen) atoms. The molecule has 0 aliphatic rings. The van der Waals surface area contributed by atoms with Crippen LogP contribution in [-0.2, 0) is 11.0 Å². The van der Waals surface area contributed by atoms with Crippen molar-refractivity contribution in [2.75, 3.05) is 12.3 Å². The van der Waals surface area contributed by atoms with Crippen LogP contribution in [0.2, 0.25) is 0 Å². The van der Waals surface area contributed by atoms with Crippen LogP contribution in [0.15, 0.2) is 53.7 Å². The monoisotopic (exact) mass is 434 g/mol. The van der Waals surface area contributed by atoms with Gasteiger partial charge in [-0.25, -0.2) is 9.37 Å². The minimum absolute atomic E-state index is 0.000194. The van der Waals surface area contributed by atoms with Crippen LogP contribution >= 0.6 is 11.8 Å². The molecule has 0 saturated carbocycles. The van der Waals surface area contributed by atoms with Gasteiger partial charge in [0.25, 0.3) is 0 Å². The second kappa shape index (κ2) is 9.45. The Hall–Kier alpha value is -3.32. The molecule has 1 heterocycles. The summed E-state index contributed by atoms with van der Waals surface area (Å²) >= 11 is 1.05. The number of benzene rings is 2. The number of hydrogen-bond donors (Lipinski definition) is 2. The highest BCUT2D eigenvalue weighted by molar-refractivity contribution is 7.99. The molecule has 0 atom stereocenters. The minimum atomic E-state index is -4.43. The molecule has 3 rings (SSSR count). The van der Waals surface area contributed by atoms with Gasteiger partial charge in [0.2, 0.25) is 11.1 Å². The van der Waals surface area contributed by atoms with Crippen LogP contribution in [0.1, 0.15) is 11.1 Å². The number of amides is 1. The van der Waals surface area contributed by atoms with E-state index in [9.17, 15) is 22.4 Å². The number of hydrogen-bond acceptors (Lipinski definition) is 4. The molecule has 0 aliphatic carbocycles. The molecule has 0 unspecified atom stereocenters. The maximum atomic E-state index is 13.7. The van der Waals surface area contributed by atoms with E-state index < -0.39 is 17.6 Å². The van der Waals surface area contributed by atoms with Crippen molar-refractivity contribution in [1.29, 1.82) is 0 Å². The van der Waals surface area contributed by atoms with Gasteiger partial charge in [0.1, 0.15) is 5.82 Å². The zero-order valence-corrected chi connectivity index (χ0v) is 16.1. The van der Waals surface area contributed by atoms with Crippen molar-refractivity contribution in [3.8, 4) is 23.2 Å². The van der Waals surface area contributed by atoms with Crippen molar-refractivity contribution in [1.82, 2.24) is 20.5 Å². The van der Waals surface area contributed by atoms with E-state index in [-0.39, 0.29) is 40.3 Å². The normalized spacial score (nSPS) is 10.9. The summed E-state index contributed by atoms with van der Waals surface area (Å²) in [6, 6.07) is 10.7. The molecule has 154 valence electrons. The van der Waals surface area contributed by atoms with Crippen LogP contribution < -0.4 is 5.32 Å². The first-order valence-corrected chi connectivity index (χ1v) is 9.54. The van der Waals surface area contributed by atoms with E-state index >= 15 is 0 Å². The summed E-state index contributed by atoms with van der Waals surface area (Å²) in [5.74, 6) is 4.64. The highest BCUT2D eigenvalue weighted by atomic mass is 32.2. The van der Waals surface area contributed by atoms with Crippen LogP contribution in [0, 0.1) is 17.7 Å². The number of halogens is 4. The average Bonchev–Trinajstić information content (AvgIpc) is 3.18. The molecule has 1 aromatic heterocycles. The number of H-pyrrole nitrogens is 1. The fourth-order valence-corrected chi connectivity index (χ4v) is 2.96. The van der Waals surface area contributed by atoms with Gasteiger partial charge in [-0.3, -0.25) is 9.89 Å². The molecule has 0 spiro atoms. The molecule has 2 aromatic carbocycles. The third-order valence-electron chi connectivity index (χ3n) is 3.72. The van der Waals surface area contributed by atoms with E-state index in [0.717, 1.165) is 23.9 Å². The Labute approximate surface area is 173 Å². The Bertz CT molecular complexity index is 1100. The third-order valence-corrected chi connectivity index (χ3v) is 4.57. The van der Waals surface area contributed by atoms with Crippen LogP contribution in [0.3, 0.4) is 0 Å². The van der Waals surface area contributed by atoms with Gasteiger partial charge in [-0.2, -0.15) is 13.2 Å². The number of rotatable bonds is 5. The topological polar surface area (TPSA) is 70.7 Å². The van der Waals surface area contributed by atoms with E-state index in [1.54, 1.807) is 18.2 Å². The maximum absolute atomic E-state index is 13.7. The van der Waals surface area contributed by atoms with Gasteiger partial charge in [-0.05, 0) is 30.3 Å².